The second kappa shape index (κ2) is 8.86. The largest absolute Gasteiger partial charge is 0.488 e. The van der Waals surface area contributed by atoms with Crippen LogP contribution in [0.1, 0.15) is 48.1 Å². The number of aromatic amines is 1. The molecule has 5 nitrogen and oxygen atoms in total. The minimum Gasteiger partial charge on any atom is -0.488 e. The van der Waals surface area contributed by atoms with E-state index in [1.165, 1.54) is 12.1 Å². The van der Waals surface area contributed by atoms with Gasteiger partial charge in [0.1, 0.15) is 18.2 Å². The van der Waals surface area contributed by atoms with Gasteiger partial charge in [-0.25, -0.2) is 9.18 Å². The van der Waals surface area contributed by atoms with Crippen LogP contribution in [-0.4, -0.2) is 34.1 Å². The van der Waals surface area contributed by atoms with Crippen molar-refractivity contribution >= 4 is 22.7 Å². The molecule has 2 aliphatic heterocycles. The molecule has 1 N–H and O–H groups in total. The van der Waals surface area contributed by atoms with E-state index in [0.717, 1.165) is 71.3 Å². The fraction of sp³-hybridized carbons (Fsp3) is 0.276. The maximum atomic E-state index is 14.0. The van der Waals surface area contributed by atoms with Crippen LogP contribution in [0, 0.1) is 5.82 Å². The molecule has 1 saturated heterocycles. The number of H-pyrrole nitrogens is 1. The Kier molecular flexibility index (Phi) is 5.53. The summed E-state index contributed by atoms with van der Waals surface area (Å²) in [6.45, 7) is 5.66. The Morgan fingerprint density at radius 3 is 2.71 bits per heavy atom. The number of likely N-dealkylation sites (tertiary alicyclic amines) is 1. The van der Waals surface area contributed by atoms with Crippen LogP contribution in [0.3, 0.4) is 0 Å². The molecule has 35 heavy (non-hydrogen) atoms. The maximum Gasteiger partial charge on any atom is 0.326 e. The summed E-state index contributed by atoms with van der Waals surface area (Å²) in [6, 6.07) is 19.1. The highest BCUT2D eigenvalue weighted by atomic mass is 19.1. The summed E-state index contributed by atoms with van der Waals surface area (Å²) in [5, 5.41) is 0. The lowest BCUT2D eigenvalue weighted by molar-refractivity contribution is 0.195. The van der Waals surface area contributed by atoms with E-state index in [4.69, 9.17) is 4.74 Å². The number of hydrogen-bond donors (Lipinski definition) is 1. The van der Waals surface area contributed by atoms with Crippen LogP contribution < -0.4 is 10.4 Å². The van der Waals surface area contributed by atoms with Gasteiger partial charge < -0.3 is 14.6 Å². The van der Waals surface area contributed by atoms with Crippen LogP contribution in [0.5, 0.6) is 5.75 Å². The first kappa shape index (κ1) is 21.9. The standard InChI is InChI=1S/C29H28FN3O2/c1-2-32-13-11-22(12-14-32)33-27-10-7-19(16-26(27)31-29(33)34)15-25-23-6-4-3-5-20(23)18-35-28-17-21(30)8-9-24(25)28/h3-10,15-17,22H,2,11-14,18H2,1H3,(H,31,34)/b25-15+. The predicted molar refractivity (Wildman–Crippen MR) is 137 cm³/mol. The summed E-state index contributed by atoms with van der Waals surface area (Å²) < 4.78 is 21.9. The van der Waals surface area contributed by atoms with Gasteiger partial charge in [-0.05, 0) is 72.0 Å². The van der Waals surface area contributed by atoms with E-state index >= 15 is 0 Å². The second-order valence-electron chi connectivity index (χ2n) is 9.39. The highest BCUT2D eigenvalue weighted by Gasteiger charge is 2.23. The van der Waals surface area contributed by atoms with Crippen LogP contribution in [0.2, 0.25) is 0 Å². The van der Waals surface area contributed by atoms with Crippen molar-refractivity contribution in [3.63, 3.8) is 0 Å². The number of benzene rings is 3. The van der Waals surface area contributed by atoms with Gasteiger partial charge in [0.15, 0.2) is 0 Å². The van der Waals surface area contributed by atoms with Gasteiger partial charge in [-0.2, -0.15) is 0 Å². The Labute approximate surface area is 203 Å². The molecular formula is C29H28FN3O2. The zero-order chi connectivity index (χ0) is 23.9. The van der Waals surface area contributed by atoms with E-state index in [9.17, 15) is 9.18 Å². The topological polar surface area (TPSA) is 50.3 Å². The number of imidazole rings is 1. The van der Waals surface area contributed by atoms with E-state index in [1.54, 1.807) is 6.07 Å². The van der Waals surface area contributed by atoms with Gasteiger partial charge in [-0.3, -0.25) is 4.57 Å². The number of aromatic nitrogens is 2. The Bertz CT molecular complexity index is 1490. The van der Waals surface area contributed by atoms with Crippen molar-refractivity contribution in [2.24, 2.45) is 0 Å². The number of ether oxygens (including phenoxy) is 1. The molecule has 1 aromatic heterocycles. The normalized spacial score (nSPS) is 17.7. The first-order valence-corrected chi connectivity index (χ1v) is 12.3. The molecule has 0 amide bonds. The van der Waals surface area contributed by atoms with Crippen molar-refractivity contribution in [3.8, 4) is 5.75 Å². The molecule has 2 aliphatic rings. The molecule has 4 aromatic rings. The van der Waals surface area contributed by atoms with Crippen molar-refractivity contribution < 1.29 is 9.13 Å². The molecule has 3 heterocycles. The fourth-order valence-electron chi connectivity index (χ4n) is 5.46. The monoisotopic (exact) mass is 469 g/mol. The molecule has 0 spiro atoms. The van der Waals surface area contributed by atoms with Crippen molar-refractivity contribution in [3.05, 3.63) is 99.2 Å². The van der Waals surface area contributed by atoms with Crippen molar-refractivity contribution in [1.29, 1.82) is 0 Å². The van der Waals surface area contributed by atoms with Crippen LogP contribution in [0.4, 0.5) is 4.39 Å². The molecule has 0 radical (unpaired) electrons. The number of rotatable bonds is 3. The first-order chi connectivity index (χ1) is 17.1. The molecule has 3 aromatic carbocycles. The molecular weight excluding hydrogens is 441 g/mol. The van der Waals surface area contributed by atoms with Crippen molar-refractivity contribution in [2.75, 3.05) is 19.6 Å². The molecule has 178 valence electrons. The van der Waals surface area contributed by atoms with Gasteiger partial charge >= 0.3 is 5.69 Å². The van der Waals surface area contributed by atoms with E-state index in [0.29, 0.717) is 12.4 Å². The Morgan fingerprint density at radius 2 is 1.89 bits per heavy atom. The van der Waals surface area contributed by atoms with E-state index < -0.39 is 0 Å². The minimum absolute atomic E-state index is 0.0474. The highest BCUT2D eigenvalue weighted by molar-refractivity contribution is 5.95. The number of piperidine rings is 1. The zero-order valence-electron chi connectivity index (χ0n) is 19.8. The molecule has 0 atom stereocenters. The van der Waals surface area contributed by atoms with Gasteiger partial charge in [0, 0.05) is 30.8 Å². The number of nitrogens with one attached hydrogen (secondary N) is 1. The molecule has 1 fully saturated rings. The molecule has 6 heteroatoms. The van der Waals surface area contributed by atoms with Crippen LogP contribution >= 0.6 is 0 Å². The van der Waals surface area contributed by atoms with Crippen molar-refractivity contribution in [1.82, 2.24) is 14.5 Å². The number of nitrogens with zero attached hydrogens (tertiary/aromatic N) is 2. The lowest BCUT2D eigenvalue weighted by Gasteiger charge is -2.31. The average Bonchev–Trinajstić information content (AvgIpc) is 3.13. The first-order valence-electron chi connectivity index (χ1n) is 12.3. The Morgan fingerprint density at radius 1 is 1.06 bits per heavy atom. The van der Waals surface area contributed by atoms with E-state index in [2.05, 4.69) is 35.0 Å². The average molecular weight is 470 g/mol. The van der Waals surface area contributed by atoms with Gasteiger partial charge in [0.25, 0.3) is 0 Å². The summed E-state index contributed by atoms with van der Waals surface area (Å²) in [7, 11) is 0. The summed E-state index contributed by atoms with van der Waals surface area (Å²) in [5.74, 6) is 0.214. The van der Waals surface area contributed by atoms with Gasteiger partial charge in [0.05, 0.1) is 11.0 Å². The Balaban J connectivity index is 1.43. The Hall–Kier alpha value is -3.64. The van der Waals surface area contributed by atoms with Crippen LogP contribution in [-0.2, 0) is 6.61 Å². The summed E-state index contributed by atoms with van der Waals surface area (Å²) >= 11 is 0. The van der Waals surface area contributed by atoms with Crippen LogP contribution in [0.15, 0.2) is 65.5 Å². The SMILES string of the molecule is CCN1CCC(n2c(=O)[nH]c3cc(/C=C4\c5ccccc5COc5cc(F)ccc54)ccc32)CC1. The fourth-order valence-corrected chi connectivity index (χ4v) is 5.46. The zero-order valence-corrected chi connectivity index (χ0v) is 19.8. The van der Waals surface area contributed by atoms with E-state index in [-0.39, 0.29) is 17.5 Å². The third-order valence-corrected chi connectivity index (χ3v) is 7.35. The lowest BCUT2D eigenvalue weighted by Crippen LogP contribution is -2.36. The summed E-state index contributed by atoms with van der Waals surface area (Å²) in [4.78, 5) is 18.4. The van der Waals surface area contributed by atoms with Gasteiger partial charge in [0.2, 0.25) is 0 Å². The summed E-state index contributed by atoms with van der Waals surface area (Å²) in [6.07, 6.45) is 4.06. The molecule has 0 aliphatic carbocycles. The van der Waals surface area contributed by atoms with Gasteiger partial charge in [-0.1, -0.05) is 37.3 Å². The smallest absolute Gasteiger partial charge is 0.326 e. The van der Waals surface area contributed by atoms with Crippen molar-refractivity contribution in [2.45, 2.75) is 32.4 Å². The number of fused-ring (bicyclic) bond motifs is 3. The lowest BCUT2D eigenvalue weighted by atomic mass is 9.92. The number of hydrogen-bond acceptors (Lipinski definition) is 3. The number of halogens is 1. The van der Waals surface area contributed by atoms with Crippen LogP contribution in [0.25, 0.3) is 22.7 Å². The minimum atomic E-state index is -0.320. The van der Waals surface area contributed by atoms with Gasteiger partial charge in [-0.15, -0.1) is 0 Å². The molecule has 0 unspecified atom stereocenters. The highest BCUT2D eigenvalue weighted by Crippen LogP contribution is 2.38. The quantitative estimate of drug-likeness (QED) is 0.425. The molecule has 0 bridgehead atoms. The summed E-state index contributed by atoms with van der Waals surface area (Å²) in [5.41, 5.74) is 6.63. The van der Waals surface area contributed by atoms with E-state index in [1.807, 2.05) is 34.9 Å². The second-order valence-corrected chi connectivity index (χ2v) is 9.39. The molecule has 6 rings (SSSR count). The predicted octanol–water partition coefficient (Wildman–Crippen LogP) is 5.61. The molecule has 0 saturated carbocycles. The maximum absolute atomic E-state index is 14.0. The third kappa shape index (κ3) is 3.98. The third-order valence-electron chi connectivity index (χ3n) is 7.35.